The van der Waals surface area contributed by atoms with E-state index in [-0.39, 0.29) is 22.8 Å². The molecule has 0 aliphatic carbocycles. The molecule has 0 spiro atoms. The van der Waals surface area contributed by atoms with Crippen molar-refractivity contribution in [1.82, 2.24) is 10.3 Å². The third-order valence-electron chi connectivity index (χ3n) is 5.37. The number of benzene rings is 3. The second-order valence-corrected chi connectivity index (χ2v) is 9.84. The lowest BCUT2D eigenvalue weighted by Crippen LogP contribution is -2.23. The van der Waals surface area contributed by atoms with Crippen molar-refractivity contribution in [1.29, 1.82) is 0 Å². The Bertz CT molecular complexity index is 1400. The van der Waals surface area contributed by atoms with E-state index in [4.69, 9.17) is 5.11 Å². The first kappa shape index (κ1) is 23.4. The predicted octanol–water partition coefficient (Wildman–Crippen LogP) is 4.11. The van der Waals surface area contributed by atoms with Crippen molar-refractivity contribution in [2.45, 2.75) is 11.4 Å². The quantitative estimate of drug-likeness (QED) is 0.402. The number of hydrogen-bond acceptors (Lipinski definition) is 5. The van der Waals surface area contributed by atoms with Crippen LogP contribution in [0.1, 0.15) is 16.1 Å². The normalized spacial score (nSPS) is 11.2. The molecular formula is C27H24N2O4S. The highest BCUT2D eigenvalue weighted by Crippen LogP contribution is 2.26. The zero-order valence-corrected chi connectivity index (χ0v) is 19.2. The number of hydrogen-bond donors (Lipinski definition) is 2. The van der Waals surface area contributed by atoms with Gasteiger partial charge < -0.3 is 10.4 Å². The minimum atomic E-state index is -3.64. The van der Waals surface area contributed by atoms with E-state index < -0.39 is 22.4 Å². The molecule has 0 saturated carbocycles. The topological polar surface area (TPSA) is 96.4 Å². The van der Waals surface area contributed by atoms with Crippen LogP contribution in [0, 0.1) is 0 Å². The number of aliphatic hydroxyl groups is 1. The summed E-state index contributed by atoms with van der Waals surface area (Å²) >= 11 is 0. The molecule has 4 rings (SSSR count). The van der Waals surface area contributed by atoms with Crippen LogP contribution >= 0.6 is 0 Å². The Hall–Kier alpha value is -3.81. The first-order chi connectivity index (χ1) is 16.5. The number of nitrogens with one attached hydrogen (secondary N) is 1. The van der Waals surface area contributed by atoms with Gasteiger partial charge in [0.05, 0.1) is 29.5 Å². The first-order valence-electron chi connectivity index (χ1n) is 10.8. The fourth-order valence-corrected chi connectivity index (χ4v) is 4.67. The largest absolute Gasteiger partial charge is 0.395 e. The minimum absolute atomic E-state index is 0.00706. The van der Waals surface area contributed by atoms with Gasteiger partial charge in [0.15, 0.2) is 9.84 Å². The van der Waals surface area contributed by atoms with Crippen LogP contribution in [0.2, 0.25) is 0 Å². The lowest BCUT2D eigenvalue weighted by molar-refractivity contribution is 0.0950. The number of aromatic nitrogens is 1. The minimum Gasteiger partial charge on any atom is -0.395 e. The lowest BCUT2D eigenvalue weighted by atomic mass is 9.99. The molecule has 0 aliphatic rings. The van der Waals surface area contributed by atoms with Gasteiger partial charge in [0.2, 0.25) is 0 Å². The summed E-state index contributed by atoms with van der Waals surface area (Å²) in [4.78, 5) is 17.0. The van der Waals surface area contributed by atoms with Crippen LogP contribution in [0.25, 0.3) is 22.3 Å². The van der Waals surface area contributed by atoms with E-state index in [1.54, 1.807) is 12.3 Å². The molecule has 1 aromatic heterocycles. The molecule has 2 N–H and O–H groups in total. The Labute approximate surface area is 198 Å². The van der Waals surface area contributed by atoms with E-state index in [2.05, 4.69) is 34.6 Å². The number of rotatable bonds is 8. The number of sulfone groups is 1. The summed E-state index contributed by atoms with van der Waals surface area (Å²) in [5.74, 6) is -0.792. The molecule has 0 aliphatic heterocycles. The van der Waals surface area contributed by atoms with E-state index in [9.17, 15) is 13.2 Å². The Morgan fingerprint density at radius 3 is 2.24 bits per heavy atom. The molecular weight excluding hydrogens is 448 g/mol. The molecule has 0 bridgehead atoms. The van der Waals surface area contributed by atoms with Crippen molar-refractivity contribution >= 4 is 15.7 Å². The van der Waals surface area contributed by atoms with Gasteiger partial charge in [0, 0.05) is 11.8 Å². The fourth-order valence-electron chi connectivity index (χ4n) is 3.61. The maximum atomic E-state index is 12.6. The molecule has 0 unspecified atom stereocenters. The molecule has 7 heteroatoms. The molecule has 4 aromatic rings. The molecule has 6 nitrogen and oxygen atoms in total. The number of carbonyl (C=O) groups is 1. The molecule has 0 fully saturated rings. The zero-order chi connectivity index (χ0) is 24.0. The average Bonchev–Trinajstić information content (AvgIpc) is 2.88. The SMILES string of the molecule is O=C(NCc1cc(-c2cccc(-c3ccccc3)c2)ccn1)c1cccc(S(=O)(=O)CCO)c1. The van der Waals surface area contributed by atoms with Gasteiger partial charge >= 0.3 is 0 Å². The number of carbonyl (C=O) groups excluding carboxylic acids is 1. The molecule has 172 valence electrons. The van der Waals surface area contributed by atoms with Crippen molar-refractivity contribution in [3.63, 3.8) is 0 Å². The maximum absolute atomic E-state index is 12.6. The summed E-state index contributed by atoms with van der Waals surface area (Å²) in [5, 5.41) is 11.8. The highest BCUT2D eigenvalue weighted by atomic mass is 32.2. The van der Waals surface area contributed by atoms with Gasteiger partial charge in [-0.05, 0) is 58.7 Å². The first-order valence-corrected chi connectivity index (χ1v) is 12.4. The second-order valence-electron chi connectivity index (χ2n) is 7.74. The molecule has 1 heterocycles. The summed E-state index contributed by atoms with van der Waals surface area (Å²) in [5.41, 5.74) is 5.17. The summed E-state index contributed by atoms with van der Waals surface area (Å²) in [7, 11) is -3.64. The van der Waals surface area contributed by atoms with Crippen LogP contribution in [-0.2, 0) is 16.4 Å². The van der Waals surface area contributed by atoms with Gasteiger partial charge in [0.25, 0.3) is 5.91 Å². The summed E-state index contributed by atoms with van der Waals surface area (Å²) in [6.45, 7) is -0.284. The fraction of sp³-hybridized carbons (Fsp3) is 0.111. The predicted molar refractivity (Wildman–Crippen MR) is 132 cm³/mol. The summed E-state index contributed by atoms with van der Waals surface area (Å²) in [6.07, 6.45) is 1.70. The molecule has 0 radical (unpaired) electrons. The highest BCUT2D eigenvalue weighted by Gasteiger charge is 2.16. The van der Waals surface area contributed by atoms with Gasteiger partial charge in [0.1, 0.15) is 0 Å². The molecule has 1 amide bonds. The maximum Gasteiger partial charge on any atom is 0.251 e. The number of nitrogens with zero attached hydrogens (tertiary/aromatic N) is 1. The van der Waals surface area contributed by atoms with Crippen LogP contribution in [0.15, 0.2) is 102 Å². The van der Waals surface area contributed by atoms with Gasteiger partial charge in [-0.3, -0.25) is 9.78 Å². The van der Waals surface area contributed by atoms with Gasteiger partial charge in [-0.25, -0.2) is 8.42 Å². The van der Waals surface area contributed by atoms with E-state index in [1.165, 1.54) is 18.2 Å². The highest BCUT2D eigenvalue weighted by molar-refractivity contribution is 7.91. The molecule has 3 aromatic carbocycles. The van der Waals surface area contributed by atoms with Crippen LogP contribution in [-0.4, -0.2) is 36.8 Å². The van der Waals surface area contributed by atoms with Crippen LogP contribution in [0.5, 0.6) is 0 Å². The zero-order valence-electron chi connectivity index (χ0n) is 18.4. The summed E-state index contributed by atoms with van der Waals surface area (Å²) < 4.78 is 24.3. The summed E-state index contributed by atoms with van der Waals surface area (Å²) in [6, 6.07) is 28.0. The van der Waals surface area contributed by atoms with Crippen molar-refractivity contribution in [3.8, 4) is 22.3 Å². The third-order valence-corrected chi connectivity index (χ3v) is 7.06. The molecule has 34 heavy (non-hydrogen) atoms. The second kappa shape index (κ2) is 10.4. The Balaban J connectivity index is 1.48. The molecule has 0 saturated heterocycles. The average molecular weight is 473 g/mol. The number of pyridine rings is 1. The van der Waals surface area contributed by atoms with Crippen molar-refractivity contribution in [3.05, 3.63) is 108 Å². The number of amides is 1. The van der Waals surface area contributed by atoms with Gasteiger partial charge in [-0.15, -0.1) is 0 Å². The van der Waals surface area contributed by atoms with Crippen molar-refractivity contribution in [2.75, 3.05) is 12.4 Å². The lowest BCUT2D eigenvalue weighted by Gasteiger charge is -2.09. The van der Waals surface area contributed by atoms with E-state index >= 15 is 0 Å². The standard InChI is InChI=1S/C27H24N2O4S/c30-14-15-34(32,33)26-11-5-10-24(18-26)27(31)29-19-25-17-23(12-13-28-25)22-9-4-8-21(16-22)20-6-2-1-3-7-20/h1-13,16-18,30H,14-15,19H2,(H,29,31). The van der Waals surface area contributed by atoms with E-state index in [0.717, 1.165) is 22.3 Å². The third kappa shape index (κ3) is 5.57. The van der Waals surface area contributed by atoms with E-state index in [0.29, 0.717) is 5.69 Å². The monoisotopic (exact) mass is 472 g/mol. The van der Waals surface area contributed by atoms with Crippen LogP contribution in [0.3, 0.4) is 0 Å². The molecule has 0 atom stereocenters. The Kier molecular flexibility index (Phi) is 7.15. The van der Waals surface area contributed by atoms with Gasteiger partial charge in [-0.1, -0.05) is 54.6 Å². The number of aliphatic hydroxyl groups excluding tert-OH is 1. The van der Waals surface area contributed by atoms with Gasteiger partial charge in [-0.2, -0.15) is 0 Å². The van der Waals surface area contributed by atoms with Crippen molar-refractivity contribution < 1.29 is 18.3 Å². The Morgan fingerprint density at radius 2 is 1.47 bits per heavy atom. The van der Waals surface area contributed by atoms with E-state index in [1.807, 2.05) is 42.5 Å². The smallest absolute Gasteiger partial charge is 0.251 e. The Morgan fingerprint density at radius 1 is 0.794 bits per heavy atom. The van der Waals surface area contributed by atoms with Crippen LogP contribution in [0.4, 0.5) is 0 Å². The van der Waals surface area contributed by atoms with Crippen molar-refractivity contribution in [2.24, 2.45) is 0 Å². The van der Waals surface area contributed by atoms with Crippen LogP contribution < -0.4 is 5.32 Å².